The molecule has 1 aliphatic heterocycles. The van der Waals surface area contributed by atoms with Gasteiger partial charge in [-0.1, -0.05) is 23.2 Å². The molecule has 0 atom stereocenters. The molecule has 5 rings (SSSR count). The van der Waals surface area contributed by atoms with Crippen molar-refractivity contribution in [3.8, 4) is 0 Å². The number of benzene rings is 2. The quantitative estimate of drug-likeness (QED) is 0.548. The molecule has 36 heavy (non-hydrogen) atoms. The fourth-order valence-corrected chi connectivity index (χ4v) is 4.50. The van der Waals surface area contributed by atoms with Crippen molar-refractivity contribution in [1.82, 2.24) is 19.8 Å². The summed E-state index contributed by atoms with van der Waals surface area (Å²) in [5.41, 5.74) is 1.73. The average molecular weight is 529 g/mol. The van der Waals surface area contributed by atoms with Gasteiger partial charge < -0.3 is 20.0 Å². The molecule has 1 aliphatic carbocycles. The monoisotopic (exact) mass is 528 g/mol. The predicted molar refractivity (Wildman–Crippen MR) is 141 cm³/mol. The third-order valence-corrected chi connectivity index (χ3v) is 7.35. The van der Waals surface area contributed by atoms with Gasteiger partial charge in [-0.05, 0) is 49.2 Å². The molecule has 0 radical (unpaired) electrons. The van der Waals surface area contributed by atoms with Gasteiger partial charge in [0, 0.05) is 50.6 Å². The SMILES string of the molecule is CN(C(=O)Cn1cnc2ccc(N3CCN(C(=O)NC4CC4)CC3)cc2c1=O)c1ccc(Cl)c(Cl)c1. The maximum atomic E-state index is 13.2. The van der Waals surface area contributed by atoms with E-state index < -0.39 is 0 Å². The van der Waals surface area contributed by atoms with Gasteiger partial charge in [-0.2, -0.15) is 0 Å². The highest BCUT2D eigenvalue weighted by Crippen LogP contribution is 2.27. The van der Waals surface area contributed by atoms with Gasteiger partial charge in [-0.15, -0.1) is 0 Å². The van der Waals surface area contributed by atoms with Gasteiger partial charge in [0.05, 0.1) is 27.3 Å². The number of nitrogens with zero attached hydrogens (tertiary/aromatic N) is 5. The van der Waals surface area contributed by atoms with E-state index in [0.717, 1.165) is 18.5 Å². The Morgan fingerprint density at radius 2 is 1.81 bits per heavy atom. The molecule has 11 heteroatoms. The zero-order chi connectivity index (χ0) is 25.4. The number of halogens is 2. The molecule has 2 heterocycles. The van der Waals surface area contributed by atoms with E-state index in [2.05, 4.69) is 15.2 Å². The standard InChI is InChI=1S/C25H26Cl2N6O3/c1-30(17-4-6-20(26)21(27)13-17)23(34)14-33-15-28-22-7-5-18(12-19(22)24(33)35)31-8-10-32(11-9-31)25(36)29-16-2-3-16/h4-7,12-13,15-16H,2-3,8-11,14H2,1H3,(H,29,36). The Morgan fingerprint density at radius 1 is 1.06 bits per heavy atom. The van der Waals surface area contributed by atoms with Crippen LogP contribution in [-0.4, -0.2) is 65.7 Å². The fourth-order valence-electron chi connectivity index (χ4n) is 4.21. The Morgan fingerprint density at radius 3 is 2.50 bits per heavy atom. The highest BCUT2D eigenvalue weighted by atomic mass is 35.5. The number of nitrogens with one attached hydrogen (secondary N) is 1. The van der Waals surface area contributed by atoms with Gasteiger partial charge in [-0.25, -0.2) is 9.78 Å². The van der Waals surface area contributed by atoms with Crippen LogP contribution in [0.4, 0.5) is 16.2 Å². The molecule has 1 aromatic heterocycles. The molecule has 188 valence electrons. The van der Waals surface area contributed by atoms with Crippen molar-refractivity contribution >= 4 is 57.4 Å². The highest BCUT2D eigenvalue weighted by molar-refractivity contribution is 6.42. The van der Waals surface area contributed by atoms with E-state index in [9.17, 15) is 14.4 Å². The summed E-state index contributed by atoms with van der Waals surface area (Å²) in [7, 11) is 1.62. The first-order valence-electron chi connectivity index (χ1n) is 11.8. The number of piperazine rings is 1. The molecule has 0 bridgehead atoms. The van der Waals surface area contributed by atoms with Gasteiger partial charge in [0.2, 0.25) is 5.91 Å². The van der Waals surface area contributed by atoms with Crippen LogP contribution < -0.4 is 20.7 Å². The second kappa shape index (κ2) is 9.99. The van der Waals surface area contributed by atoms with Crippen molar-refractivity contribution in [1.29, 1.82) is 0 Å². The van der Waals surface area contributed by atoms with Crippen LogP contribution in [0, 0.1) is 0 Å². The Labute approximate surface area is 218 Å². The minimum Gasteiger partial charge on any atom is -0.368 e. The van der Waals surface area contributed by atoms with Gasteiger partial charge in [0.25, 0.3) is 5.56 Å². The number of anilines is 2. The van der Waals surface area contributed by atoms with E-state index in [1.807, 2.05) is 23.1 Å². The van der Waals surface area contributed by atoms with E-state index in [-0.39, 0.29) is 24.0 Å². The number of fused-ring (bicyclic) bond motifs is 1. The van der Waals surface area contributed by atoms with Crippen LogP contribution in [0.25, 0.3) is 10.9 Å². The van der Waals surface area contributed by atoms with Crippen LogP contribution in [-0.2, 0) is 11.3 Å². The van der Waals surface area contributed by atoms with Gasteiger partial charge in [0.1, 0.15) is 6.54 Å². The lowest BCUT2D eigenvalue weighted by atomic mass is 10.2. The molecule has 9 nitrogen and oxygen atoms in total. The number of likely N-dealkylation sites (N-methyl/N-ethyl adjacent to an activating group) is 1. The fraction of sp³-hybridized carbons (Fsp3) is 0.360. The molecular weight excluding hydrogens is 503 g/mol. The summed E-state index contributed by atoms with van der Waals surface area (Å²) in [5, 5.41) is 4.21. The number of amides is 3. The number of hydrogen-bond acceptors (Lipinski definition) is 5. The molecule has 1 N–H and O–H groups in total. The largest absolute Gasteiger partial charge is 0.368 e. The van der Waals surface area contributed by atoms with Crippen molar-refractivity contribution in [2.45, 2.75) is 25.4 Å². The third kappa shape index (κ3) is 5.12. The first-order valence-corrected chi connectivity index (χ1v) is 12.6. The molecule has 2 aromatic carbocycles. The number of carbonyl (C=O) groups excluding carboxylic acids is 2. The van der Waals surface area contributed by atoms with Crippen LogP contribution in [0.2, 0.25) is 10.0 Å². The maximum absolute atomic E-state index is 13.2. The second-order valence-corrected chi connectivity index (χ2v) is 9.94. The normalized spacial score (nSPS) is 15.8. The van der Waals surface area contributed by atoms with Crippen LogP contribution in [0.1, 0.15) is 12.8 Å². The Balaban J connectivity index is 1.30. The molecule has 3 aromatic rings. The molecule has 2 fully saturated rings. The van der Waals surface area contributed by atoms with Crippen LogP contribution in [0.5, 0.6) is 0 Å². The summed E-state index contributed by atoms with van der Waals surface area (Å²) in [6, 6.07) is 10.8. The average Bonchev–Trinajstić information content (AvgIpc) is 3.71. The zero-order valence-electron chi connectivity index (χ0n) is 19.8. The summed E-state index contributed by atoms with van der Waals surface area (Å²) >= 11 is 12.0. The Bertz CT molecular complexity index is 1380. The number of carbonyl (C=O) groups is 2. The number of urea groups is 1. The zero-order valence-corrected chi connectivity index (χ0v) is 21.3. The summed E-state index contributed by atoms with van der Waals surface area (Å²) in [5.74, 6) is -0.298. The highest BCUT2D eigenvalue weighted by Gasteiger charge is 2.28. The molecule has 1 saturated carbocycles. The molecular formula is C25H26Cl2N6O3. The third-order valence-electron chi connectivity index (χ3n) is 6.61. The Hall–Kier alpha value is -3.30. The first-order chi connectivity index (χ1) is 17.3. The van der Waals surface area contributed by atoms with Crippen molar-refractivity contribution < 1.29 is 9.59 Å². The van der Waals surface area contributed by atoms with Crippen molar-refractivity contribution in [2.24, 2.45) is 0 Å². The van der Waals surface area contributed by atoms with Crippen LogP contribution in [0.15, 0.2) is 47.5 Å². The minimum absolute atomic E-state index is 0.00162. The lowest BCUT2D eigenvalue weighted by Crippen LogP contribution is -2.52. The number of rotatable bonds is 5. The van der Waals surface area contributed by atoms with Crippen molar-refractivity contribution in [2.75, 3.05) is 43.0 Å². The van der Waals surface area contributed by atoms with E-state index in [1.165, 1.54) is 15.8 Å². The van der Waals surface area contributed by atoms with Crippen molar-refractivity contribution in [3.05, 3.63) is 63.1 Å². The van der Waals surface area contributed by atoms with E-state index in [4.69, 9.17) is 23.2 Å². The maximum Gasteiger partial charge on any atom is 0.317 e. The molecule has 2 aliphatic rings. The van der Waals surface area contributed by atoms with Gasteiger partial charge >= 0.3 is 6.03 Å². The summed E-state index contributed by atoms with van der Waals surface area (Å²) < 4.78 is 1.31. The summed E-state index contributed by atoms with van der Waals surface area (Å²) in [6.07, 6.45) is 3.51. The van der Waals surface area contributed by atoms with Crippen LogP contribution >= 0.6 is 23.2 Å². The topological polar surface area (TPSA) is 90.8 Å². The Kier molecular flexibility index (Phi) is 6.77. The minimum atomic E-state index is -0.298. The smallest absolute Gasteiger partial charge is 0.317 e. The molecule has 3 amide bonds. The van der Waals surface area contributed by atoms with Crippen molar-refractivity contribution in [3.63, 3.8) is 0 Å². The van der Waals surface area contributed by atoms with E-state index in [1.54, 1.807) is 25.2 Å². The van der Waals surface area contributed by atoms with Crippen LogP contribution in [0.3, 0.4) is 0 Å². The number of hydrogen-bond donors (Lipinski definition) is 1. The summed E-state index contributed by atoms with van der Waals surface area (Å²) in [6.45, 7) is 2.40. The van der Waals surface area contributed by atoms with E-state index in [0.29, 0.717) is 58.9 Å². The lowest BCUT2D eigenvalue weighted by molar-refractivity contribution is -0.118. The van der Waals surface area contributed by atoms with E-state index >= 15 is 0 Å². The second-order valence-electron chi connectivity index (χ2n) is 9.13. The molecule has 0 unspecified atom stereocenters. The molecule has 0 spiro atoms. The summed E-state index contributed by atoms with van der Waals surface area (Å²) in [4.78, 5) is 48.2. The number of aromatic nitrogens is 2. The molecule has 1 saturated heterocycles. The predicted octanol–water partition coefficient (Wildman–Crippen LogP) is 3.36. The van der Waals surface area contributed by atoms with Gasteiger partial charge in [-0.3, -0.25) is 14.2 Å². The first kappa shape index (κ1) is 24.4. The van der Waals surface area contributed by atoms with Gasteiger partial charge in [0.15, 0.2) is 0 Å². The lowest BCUT2D eigenvalue weighted by Gasteiger charge is -2.36.